The molecule has 110 valence electrons. The molecular formula is C15H14ClFN2O2. The molecule has 0 amide bonds. The zero-order chi connectivity index (χ0) is 15.2. The molecule has 4 nitrogen and oxygen atoms in total. The number of nitrogens with zero attached hydrogens (tertiary/aromatic N) is 1. The molecular weight excluding hydrogens is 295 g/mol. The summed E-state index contributed by atoms with van der Waals surface area (Å²) in [5.41, 5.74) is -0.997. The number of aromatic amines is 1. The van der Waals surface area contributed by atoms with Crippen LogP contribution in [0, 0.1) is 5.82 Å². The van der Waals surface area contributed by atoms with Crippen LogP contribution in [0.15, 0.2) is 33.9 Å². The van der Waals surface area contributed by atoms with Crippen molar-refractivity contribution in [3.05, 3.63) is 56.1 Å². The van der Waals surface area contributed by atoms with Crippen molar-refractivity contribution < 1.29 is 4.39 Å². The van der Waals surface area contributed by atoms with E-state index in [2.05, 4.69) is 4.98 Å². The predicted octanol–water partition coefficient (Wildman–Crippen LogP) is 2.90. The van der Waals surface area contributed by atoms with Gasteiger partial charge in [-0.05, 0) is 43.9 Å². The standard InChI is InChI=1S/C15H14ClFN2O2/c1-15(6-3-7-15)19-13(20)11(12(16)18-14(19)21)9-4-2-5-10(17)8-9/h2,4-5,8H,3,6-7H2,1H3,(H,18,21). The van der Waals surface area contributed by atoms with Gasteiger partial charge in [0.2, 0.25) is 0 Å². The topological polar surface area (TPSA) is 54.9 Å². The molecule has 1 aromatic carbocycles. The molecule has 1 aromatic heterocycles. The fourth-order valence-electron chi connectivity index (χ4n) is 2.81. The largest absolute Gasteiger partial charge is 0.330 e. The Hall–Kier alpha value is -1.88. The van der Waals surface area contributed by atoms with Crippen molar-refractivity contribution in [3.8, 4) is 11.1 Å². The lowest BCUT2D eigenvalue weighted by Crippen LogP contribution is -2.51. The maximum atomic E-state index is 13.4. The Balaban J connectivity index is 2.30. The van der Waals surface area contributed by atoms with Gasteiger partial charge in [0.25, 0.3) is 5.56 Å². The van der Waals surface area contributed by atoms with Gasteiger partial charge in [-0.15, -0.1) is 0 Å². The highest BCUT2D eigenvalue weighted by molar-refractivity contribution is 6.32. The molecule has 3 rings (SSSR count). The van der Waals surface area contributed by atoms with Crippen LogP contribution in [-0.2, 0) is 5.54 Å². The van der Waals surface area contributed by atoms with Crippen molar-refractivity contribution in [1.82, 2.24) is 9.55 Å². The van der Waals surface area contributed by atoms with Crippen molar-refractivity contribution in [2.45, 2.75) is 31.7 Å². The molecule has 6 heteroatoms. The lowest BCUT2D eigenvalue weighted by molar-refractivity contribution is 0.156. The van der Waals surface area contributed by atoms with E-state index in [9.17, 15) is 14.0 Å². The summed E-state index contributed by atoms with van der Waals surface area (Å²) in [5, 5.41) is -0.0604. The molecule has 21 heavy (non-hydrogen) atoms. The summed E-state index contributed by atoms with van der Waals surface area (Å²) in [6.07, 6.45) is 2.50. The van der Waals surface area contributed by atoms with Crippen molar-refractivity contribution >= 4 is 11.6 Å². The minimum absolute atomic E-state index is 0.0604. The van der Waals surface area contributed by atoms with Gasteiger partial charge in [0.1, 0.15) is 11.0 Å². The molecule has 0 saturated heterocycles. The maximum Gasteiger partial charge on any atom is 0.330 e. The Bertz CT molecular complexity index is 821. The number of aromatic nitrogens is 2. The van der Waals surface area contributed by atoms with E-state index in [1.54, 1.807) is 6.07 Å². The summed E-state index contributed by atoms with van der Waals surface area (Å²) < 4.78 is 14.6. The molecule has 1 fully saturated rings. The number of halogens is 2. The third kappa shape index (κ3) is 2.21. The van der Waals surface area contributed by atoms with E-state index in [0.29, 0.717) is 5.56 Å². The van der Waals surface area contributed by atoms with Crippen LogP contribution in [0.25, 0.3) is 11.1 Å². The molecule has 1 heterocycles. The lowest BCUT2D eigenvalue weighted by atomic mass is 9.78. The van der Waals surface area contributed by atoms with E-state index in [-0.39, 0.29) is 10.7 Å². The van der Waals surface area contributed by atoms with Crippen LogP contribution in [0.4, 0.5) is 4.39 Å². The van der Waals surface area contributed by atoms with Gasteiger partial charge >= 0.3 is 5.69 Å². The molecule has 0 spiro atoms. The van der Waals surface area contributed by atoms with Crippen LogP contribution in [0.1, 0.15) is 26.2 Å². The molecule has 2 aromatic rings. The van der Waals surface area contributed by atoms with Gasteiger partial charge in [-0.1, -0.05) is 23.7 Å². The van der Waals surface area contributed by atoms with Crippen molar-refractivity contribution in [1.29, 1.82) is 0 Å². The number of H-pyrrole nitrogens is 1. The fraction of sp³-hybridized carbons (Fsp3) is 0.333. The van der Waals surface area contributed by atoms with Crippen molar-refractivity contribution in [3.63, 3.8) is 0 Å². The molecule has 1 saturated carbocycles. The molecule has 0 aliphatic heterocycles. The summed E-state index contributed by atoms with van der Waals surface area (Å²) >= 11 is 6.01. The van der Waals surface area contributed by atoms with Gasteiger partial charge in [0.05, 0.1) is 5.56 Å². The number of hydrogen-bond acceptors (Lipinski definition) is 2. The molecule has 0 unspecified atom stereocenters. The Kier molecular flexibility index (Phi) is 3.24. The molecule has 1 aliphatic rings. The fourth-order valence-corrected chi connectivity index (χ4v) is 3.08. The Morgan fingerprint density at radius 2 is 2.05 bits per heavy atom. The maximum absolute atomic E-state index is 13.4. The zero-order valence-corrected chi connectivity index (χ0v) is 12.2. The van der Waals surface area contributed by atoms with Crippen LogP contribution < -0.4 is 11.2 Å². The van der Waals surface area contributed by atoms with E-state index in [0.717, 1.165) is 19.3 Å². The van der Waals surface area contributed by atoms with Crippen LogP contribution in [0.5, 0.6) is 0 Å². The van der Waals surface area contributed by atoms with E-state index >= 15 is 0 Å². The monoisotopic (exact) mass is 308 g/mol. The third-order valence-electron chi connectivity index (χ3n) is 4.14. The number of nitrogens with one attached hydrogen (secondary N) is 1. The molecule has 0 atom stereocenters. The second kappa shape index (κ2) is 4.84. The summed E-state index contributed by atoms with van der Waals surface area (Å²) in [6.45, 7) is 1.87. The second-order valence-corrected chi connectivity index (χ2v) is 6.00. The van der Waals surface area contributed by atoms with Gasteiger partial charge in [-0.3, -0.25) is 14.3 Å². The first kappa shape index (κ1) is 14.1. The zero-order valence-electron chi connectivity index (χ0n) is 11.5. The summed E-state index contributed by atoms with van der Waals surface area (Å²) in [4.78, 5) is 27.3. The van der Waals surface area contributed by atoms with E-state index in [1.165, 1.54) is 22.8 Å². The lowest BCUT2D eigenvalue weighted by Gasteiger charge is -2.39. The van der Waals surface area contributed by atoms with Crippen LogP contribution in [0.2, 0.25) is 5.15 Å². The quantitative estimate of drug-likeness (QED) is 0.867. The summed E-state index contributed by atoms with van der Waals surface area (Å²) in [5.74, 6) is -0.462. The average molecular weight is 309 g/mol. The van der Waals surface area contributed by atoms with Gasteiger partial charge < -0.3 is 0 Å². The summed E-state index contributed by atoms with van der Waals surface area (Å²) in [7, 11) is 0. The van der Waals surface area contributed by atoms with Gasteiger partial charge in [-0.2, -0.15) is 0 Å². The Morgan fingerprint density at radius 3 is 2.62 bits per heavy atom. The van der Waals surface area contributed by atoms with E-state index in [1.807, 2.05) is 6.92 Å². The van der Waals surface area contributed by atoms with Crippen LogP contribution in [-0.4, -0.2) is 9.55 Å². The third-order valence-corrected chi connectivity index (χ3v) is 4.42. The smallest absolute Gasteiger partial charge is 0.297 e. The summed E-state index contributed by atoms with van der Waals surface area (Å²) in [6, 6.07) is 5.61. The van der Waals surface area contributed by atoms with E-state index in [4.69, 9.17) is 11.6 Å². The van der Waals surface area contributed by atoms with Crippen LogP contribution >= 0.6 is 11.6 Å². The number of benzene rings is 1. The van der Waals surface area contributed by atoms with Gasteiger partial charge in [0.15, 0.2) is 0 Å². The first-order valence-electron chi connectivity index (χ1n) is 6.74. The van der Waals surface area contributed by atoms with Gasteiger partial charge in [-0.25, -0.2) is 9.18 Å². The molecule has 0 radical (unpaired) electrons. The minimum atomic E-state index is -0.521. The van der Waals surface area contributed by atoms with E-state index < -0.39 is 22.6 Å². The average Bonchev–Trinajstić information content (AvgIpc) is 2.36. The highest BCUT2D eigenvalue weighted by Gasteiger charge is 2.37. The highest BCUT2D eigenvalue weighted by Crippen LogP contribution is 2.37. The molecule has 0 bridgehead atoms. The Morgan fingerprint density at radius 1 is 1.33 bits per heavy atom. The first-order chi connectivity index (χ1) is 9.92. The van der Waals surface area contributed by atoms with Crippen molar-refractivity contribution in [2.24, 2.45) is 0 Å². The van der Waals surface area contributed by atoms with Crippen molar-refractivity contribution in [2.75, 3.05) is 0 Å². The first-order valence-corrected chi connectivity index (χ1v) is 7.11. The Labute approximate surface area is 125 Å². The van der Waals surface area contributed by atoms with Gasteiger partial charge in [0, 0.05) is 5.54 Å². The highest BCUT2D eigenvalue weighted by atomic mass is 35.5. The normalized spacial score (nSPS) is 16.5. The number of hydrogen-bond donors (Lipinski definition) is 1. The SMILES string of the molecule is CC1(n2c(=O)[nH]c(Cl)c(-c3cccc(F)c3)c2=O)CCC1. The molecule has 1 aliphatic carbocycles. The second-order valence-electron chi connectivity index (χ2n) is 5.62. The minimum Gasteiger partial charge on any atom is -0.297 e. The van der Waals surface area contributed by atoms with Crippen LogP contribution in [0.3, 0.4) is 0 Å². The number of rotatable bonds is 2. The predicted molar refractivity (Wildman–Crippen MR) is 79.2 cm³/mol. The molecule has 1 N–H and O–H groups in total.